The number of nitrogens with two attached hydrogens (primary N) is 1. The Hall–Kier alpha value is -1.64. The van der Waals surface area contributed by atoms with Gasteiger partial charge in [-0.2, -0.15) is 10.2 Å². The maximum atomic E-state index is 9.35. The van der Waals surface area contributed by atoms with E-state index in [0.717, 1.165) is 11.4 Å². The highest BCUT2D eigenvalue weighted by molar-refractivity contribution is 5.95. The highest BCUT2D eigenvalue weighted by Gasteiger charge is 2.26. The van der Waals surface area contributed by atoms with Crippen molar-refractivity contribution in [3.05, 3.63) is 17.2 Å². The van der Waals surface area contributed by atoms with Crippen molar-refractivity contribution in [1.82, 2.24) is 25.5 Å². The molecule has 88 valence electrons. The van der Waals surface area contributed by atoms with Crippen LogP contribution in [0.1, 0.15) is 17.2 Å². The summed E-state index contributed by atoms with van der Waals surface area (Å²) in [5, 5.41) is 14.2. The second kappa shape index (κ2) is 4.08. The molecule has 0 radical (unpaired) electrons. The Labute approximate surface area is 92.7 Å². The van der Waals surface area contributed by atoms with Crippen molar-refractivity contribution in [2.45, 2.75) is 13.1 Å². The second-order valence-corrected chi connectivity index (χ2v) is 3.56. The minimum Gasteiger partial charge on any atom is -0.327 e. The van der Waals surface area contributed by atoms with Crippen molar-refractivity contribution < 1.29 is 5.21 Å². The van der Waals surface area contributed by atoms with Crippen LogP contribution in [-0.4, -0.2) is 32.7 Å². The largest absolute Gasteiger partial charge is 0.327 e. The number of rotatable bonds is 2. The van der Waals surface area contributed by atoms with Crippen LogP contribution >= 0.6 is 0 Å². The summed E-state index contributed by atoms with van der Waals surface area (Å²) in [6.07, 6.45) is 0. The topological polar surface area (TPSA) is 104 Å². The lowest BCUT2D eigenvalue weighted by molar-refractivity contribution is -0.0985. The molecule has 2 heterocycles. The van der Waals surface area contributed by atoms with E-state index < -0.39 is 0 Å². The summed E-state index contributed by atoms with van der Waals surface area (Å²) in [6.45, 7) is 0.900. The zero-order valence-corrected chi connectivity index (χ0v) is 9.23. The molecule has 1 aromatic heterocycles. The van der Waals surface area contributed by atoms with Crippen LogP contribution in [0.4, 0.5) is 0 Å². The number of fused-ring (bicyclic) bond motifs is 1. The quantitative estimate of drug-likeness (QED) is 0.211. The molecule has 0 bridgehead atoms. The van der Waals surface area contributed by atoms with Gasteiger partial charge in [0, 0.05) is 14.1 Å². The van der Waals surface area contributed by atoms with Crippen molar-refractivity contribution in [2.24, 2.45) is 18.0 Å². The number of hydroxylamine groups is 2. The summed E-state index contributed by atoms with van der Waals surface area (Å²) in [7, 11) is 3.58. The fraction of sp³-hybridized carbons (Fsp3) is 0.500. The van der Waals surface area contributed by atoms with Crippen LogP contribution in [0.25, 0.3) is 0 Å². The molecule has 0 atom stereocenters. The average molecular weight is 225 g/mol. The zero-order chi connectivity index (χ0) is 11.7. The molecule has 1 aliphatic rings. The predicted molar refractivity (Wildman–Crippen MR) is 57.2 cm³/mol. The van der Waals surface area contributed by atoms with Crippen LogP contribution in [0, 0.1) is 0 Å². The lowest BCUT2D eigenvalue weighted by atomic mass is 10.4. The van der Waals surface area contributed by atoms with Crippen molar-refractivity contribution in [2.75, 3.05) is 7.05 Å². The molecule has 0 amide bonds. The molecule has 1 aromatic rings. The van der Waals surface area contributed by atoms with E-state index in [-0.39, 0.29) is 0 Å². The lowest BCUT2D eigenvalue weighted by Crippen LogP contribution is -2.37. The van der Waals surface area contributed by atoms with E-state index in [1.807, 2.05) is 11.6 Å². The van der Waals surface area contributed by atoms with Crippen LogP contribution in [-0.2, 0) is 20.1 Å². The predicted octanol–water partition coefficient (Wildman–Crippen LogP) is -1.53. The molecule has 0 spiro atoms. The minimum absolute atomic E-state index is 0.431. The van der Waals surface area contributed by atoms with Crippen molar-refractivity contribution >= 4 is 5.84 Å². The first-order valence-electron chi connectivity index (χ1n) is 4.86. The number of hydrazone groups is 1. The third-order valence-electron chi connectivity index (χ3n) is 2.55. The zero-order valence-electron chi connectivity index (χ0n) is 9.23. The minimum atomic E-state index is 0.431. The van der Waals surface area contributed by atoms with Gasteiger partial charge in [-0.1, -0.05) is 0 Å². The molecular weight excluding hydrogens is 210 g/mol. The van der Waals surface area contributed by atoms with E-state index in [9.17, 15) is 5.21 Å². The number of nitrogens with zero attached hydrogens (tertiary/aromatic N) is 4. The van der Waals surface area contributed by atoms with E-state index in [2.05, 4.69) is 20.9 Å². The van der Waals surface area contributed by atoms with E-state index in [0.29, 0.717) is 24.7 Å². The first-order chi connectivity index (χ1) is 7.67. The number of aromatic nitrogens is 2. The van der Waals surface area contributed by atoms with Crippen molar-refractivity contribution in [1.29, 1.82) is 0 Å². The van der Waals surface area contributed by atoms with Gasteiger partial charge in [-0.05, 0) is 0 Å². The molecule has 8 nitrogen and oxygen atoms in total. The molecular formula is C8H15N7O. The van der Waals surface area contributed by atoms with Gasteiger partial charge < -0.3 is 21.0 Å². The van der Waals surface area contributed by atoms with E-state index >= 15 is 0 Å². The standard InChI is InChI=1S/C8H15N7O/c1-10-13-7(12-9)8-11-5-3-15(16)4-6(5)14(8)2/h10,16H,3-4,9H2,1-2H3,(H,12,13). The van der Waals surface area contributed by atoms with Gasteiger partial charge in [0.05, 0.1) is 24.5 Å². The fourth-order valence-electron chi connectivity index (χ4n) is 1.79. The second-order valence-electron chi connectivity index (χ2n) is 3.56. The van der Waals surface area contributed by atoms with Gasteiger partial charge in [-0.15, -0.1) is 0 Å². The molecule has 0 aliphatic carbocycles. The van der Waals surface area contributed by atoms with Gasteiger partial charge in [0.25, 0.3) is 0 Å². The highest BCUT2D eigenvalue weighted by Crippen LogP contribution is 2.20. The van der Waals surface area contributed by atoms with Crippen LogP contribution in [0.5, 0.6) is 0 Å². The number of imidazole rings is 1. The molecule has 16 heavy (non-hydrogen) atoms. The van der Waals surface area contributed by atoms with Gasteiger partial charge in [0.15, 0.2) is 5.82 Å². The van der Waals surface area contributed by atoms with Crippen LogP contribution < -0.4 is 16.7 Å². The van der Waals surface area contributed by atoms with Gasteiger partial charge >= 0.3 is 0 Å². The summed E-state index contributed by atoms with van der Waals surface area (Å²) in [4.78, 5) is 4.38. The number of nitrogens with one attached hydrogen (secondary N) is 2. The molecule has 5 N–H and O–H groups in total. The Morgan fingerprint density at radius 1 is 1.56 bits per heavy atom. The Kier molecular flexibility index (Phi) is 2.77. The van der Waals surface area contributed by atoms with Crippen LogP contribution in [0.15, 0.2) is 5.10 Å². The Morgan fingerprint density at radius 3 is 2.88 bits per heavy atom. The molecule has 1 aliphatic heterocycles. The monoisotopic (exact) mass is 225 g/mol. The Bertz CT molecular complexity index is 424. The number of hydrazine groups is 1. The molecule has 0 unspecified atom stereocenters. The van der Waals surface area contributed by atoms with E-state index in [1.54, 1.807) is 7.05 Å². The maximum Gasteiger partial charge on any atom is 0.203 e. The fourth-order valence-corrected chi connectivity index (χ4v) is 1.79. The van der Waals surface area contributed by atoms with E-state index in [4.69, 9.17) is 5.84 Å². The van der Waals surface area contributed by atoms with Crippen molar-refractivity contribution in [3.8, 4) is 0 Å². The summed E-state index contributed by atoms with van der Waals surface area (Å²) < 4.78 is 1.86. The SMILES string of the molecule is CNN/C(=N\N)c1nc2c(n1C)CN(O)C2. The van der Waals surface area contributed by atoms with Crippen LogP contribution in [0.3, 0.4) is 0 Å². The molecule has 0 saturated carbocycles. The number of amidine groups is 1. The summed E-state index contributed by atoms with van der Waals surface area (Å²) in [5.41, 5.74) is 7.36. The Morgan fingerprint density at radius 2 is 2.31 bits per heavy atom. The molecule has 0 aromatic carbocycles. The molecule has 2 rings (SSSR count). The third-order valence-corrected chi connectivity index (χ3v) is 2.55. The van der Waals surface area contributed by atoms with Gasteiger partial charge in [-0.25, -0.2) is 10.4 Å². The summed E-state index contributed by atoms with van der Waals surface area (Å²) in [5.74, 6) is 6.39. The molecule has 8 heteroatoms. The lowest BCUT2D eigenvalue weighted by Gasteiger charge is -2.10. The molecule has 0 saturated heterocycles. The summed E-state index contributed by atoms with van der Waals surface area (Å²) >= 11 is 0. The first-order valence-corrected chi connectivity index (χ1v) is 4.86. The highest BCUT2D eigenvalue weighted by atomic mass is 16.5. The summed E-state index contributed by atoms with van der Waals surface area (Å²) in [6, 6.07) is 0. The van der Waals surface area contributed by atoms with Gasteiger partial charge in [0.2, 0.25) is 5.84 Å². The smallest absolute Gasteiger partial charge is 0.203 e. The van der Waals surface area contributed by atoms with Crippen LogP contribution in [0.2, 0.25) is 0 Å². The van der Waals surface area contributed by atoms with E-state index in [1.165, 1.54) is 5.06 Å². The first kappa shape index (κ1) is 10.9. The van der Waals surface area contributed by atoms with Gasteiger partial charge in [-0.3, -0.25) is 0 Å². The van der Waals surface area contributed by atoms with Gasteiger partial charge in [0.1, 0.15) is 0 Å². The molecule has 0 fully saturated rings. The third kappa shape index (κ3) is 1.62. The number of hydrogen-bond donors (Lipinski definition) is 4. The normalized spacial score (nSPS) is 16.6. The average Bonchev–Trinajstić information content (AvgIpc) is 2.75. The maximum absolute atomic E-state index is 9.35. The Balaban J connectivity index is 2.35. The van der Waals surface area contributed by atoms with Crippen molar-refractivity contribution in [3.63, 3.8) is 0 Å². The number of hydrogen-bond acceptors (Lipinski definition) is 6.